The predicted molar refractivity (Wildman–Crippen MR) is 119 cm³/mol. The van der Waals surface area contributed by atoms with E-state index in [1.165, 1.54) is 43.4 Å². The molecule has 4 aromatic rings. The molecule has 4 nitrogen and oxygen atoms in total. The fourth-order valence-corrected chi connectivity index (χ4v) is 4.33. The van der Waals surface area contributed by atoms with Gasteiger partial charge in [-0.2, -0.15) is 0 Å². The average Bonchev–Trinajstić information content (AvgIpc) is 3.18. The molecule has 0 unspecified atom stereocenters. The number of pyridine rings is 2. The third-order valence-corrected chi connectivity index (χ3v) is 5.90. The highest BCUT2D eigenvalue weighted by molar-refractivity contribution is 5.93. The summed E-state index contributed by atoms with van der Waals surface area (Å²) in [5.74, 6) is 0. The van der Waals surface area contributed by atoms with E-state index in [0.29, 0.717) is 0 Å². The van der Waals surface area contributed by atoms with Gasteiger partial charge in [-0.3, -0.25) is 9.97 Å². The highest BCUT2D eigenvalue weighted by Gasteiger charge is 2.14. The van der Waals surface area contributed by atoms with E-state index in [1.54, 1.807) is 0 Å². The van der Waals surface area contributed by atoms with Crippen LogP contribution in [0.5, 0.6) is 0 Å². The number of aromatic nitrogens is 3. The summed E-state index contributed by atoms with van der Waals surface area (Å²) in [5, 5.41) is 0. The maximum atomic E-state index is 4.71. The Morgan fingerprint density at radius 2 is 1.62 bits per heavy atom. The molecule has 146 valence electrons. The lowest BCUT2D eigenvalue weighted by atomic mass is 10.0. The molecule has 4 heteroatoms. The van der Waals surface area contributed by atoms with Gasteiger partial charge in [0.1, 0.15) is 0 Å². The maximum Gasteiger partial charge on any atom is 0.0959 e. The Labute approximate surface area is 171 Å². The number of rotatable bonds is 5. The maximum absolute atomic E-state index is 4.71. The molecule has 3 aromatic heterocycles. The normalized spacial score (nSPS) is 15.0. The molecule has 0 saturated carbocycles. The van der Waals surface area contributed by atoms with E-state index in [1.807, 2.05) is 30.7 Å². The molecular formula is C25H26N4. The fourth-order valence-electron chi connectivity index (χ4n) is 4.33. The van der Waals surface area contributed by atoms with Gasteiger partial charge in [0.25, 0.3) is 0 Å². The zero-order valence-corrected chi connectivity index (χ0v) is 16.7. The number of hydrogen-bond donors (Lipinski definition) is 0. The Morgan fingerprint density at radius 3 is 2.48 bits per heavy atom. The van der Waals surface area contributed by atoms with Crippen LogP contribution in [-0.4, -0.2) is 39.1 Å². The van der Waals surface area contributed by atoms with Crippen molar-refractivity contribution in [2.75, 3.05) is 19.6 Å². The molecule has 0 bridgehead atoms. The second kappa shape index (κ2) is 8.18. The van der Waals surface area contributed by atoms with Crippen molar-refractivity contribution in [3.8, 4) is 22.3 Å². The monoisotopic (exact) mass is 382 g/mol. The molecule has 0 radical (unpaired) electrons. The molecule has 0 atom stereocenters. The lowest BCUT2D eigenvalue weighted by molar-refractivity contribution is 0.222. The van der Waals surface area contributed by atoms with Gasteiger partial charge in [-0.1, -0.05) is 36.8 Å². The van der Waals surface area contributed by atoms with Gasteiger partial charge in [-0.25, -0.2) is 0 Å². The highest BCUT2D eigenvalue weighted by Crippen LogP contribution is 2.31. The van der Waals surface area contributed by atoms with Crippen molar-refractivity contribution in [1.82, 2.24) is 19.4 Å². The van der Waals surface area contributed by atoms with E-state index in [4.69, 9.17) is 4.98 Å². The van der Waals surface area contributed by atoms with Gasteiger partial charge in [0, 0.05) is 54.6 Å². The second-order valence-corrected chi connectivity index (χ2v) is 7.84. The van der Waals surface area contributed by atoms with Crippen LogP contribution in [0, 0.1) is 0 Å². The molecule has 1 aliphatic rings. The van der Waals surface area contributed by atoms with Gasteiger partial charge >= 0.3 is 0 Å². The number of fused-ring (bicyclic) bond motifs is 1. The Bertz CT molecular complexity index is 1090. The van der Waals surface area contributed by atoms with Gasteiger partial charge in [0.15, 0.2) is 0 Å². The summed E-state index contributed by atoms with van der Waals surface area (Å²) in [4.78, 5) is 11.8. The minimum atomic E-state index is 0.994. The minimum absolute atomic E-state index is 0.994. The number of likely N-dealkylation sites (tertiary alicyclic amines) is 1. The summed E-state index contributed by atoms with van der Waals surface area (Å²) in [6.07, 6.45) is 12.1. The van der Waals surface area contributed by atoms with Crippen LogP contribution in [0.2, 0.25) is 0 Å². The molecule has 0 aliphatic carbocycles. The molecule has 0 N–H and O–H groups in total. The van der Waals surface area contributed by atoms with E-state index in [9.17, 15) is 0 Å². The van der Waals surface area contributed by atoms with E-state index in [-0.39, 0.29) is 0 Å². The lowest BCUT2D eigenvalue weighted by Gasteiger charge is -2.26. The van der Waals surface area contributed by atoms with Gasteiger partial charge in [-0.05, 0) is 49.7 Å². The van der Waals surface area contributed by atoms with Gasteiger partial charge in [0.05, 0.1) is 11.0 Å². The Balaban J connectivity index is 1.49. The second-order valence-electron chi connectivity index (χ2n) is 7.84. The van der Waals surface area contributed by atoms with Crippen LogP contribution in [0.4, 0.5) is 0 Å². The van der Waals surface area contributed by atoms with Crippen molar-refractivity contribution in [2.45, 2.75) is 25.8 Å². The van der Waals surface area contributed by atoms with Crippen molar-refractivity contribution < 1.29 is 0 Å². The summed E-state index contributed by atoms with van der Waals surface area (Å²) in [5.41, 5.74) is 6.84. The summed E-state index contributed by atoms with van der Waals surface area (Å²) in [6.45, 7) is 4.55. The summed E-state index contributed by atoms with van der Waals surface area (Å²) in [6, 6.07) is 16.9. The highest BCUT2D eigenvalue weighted by atomic mass is 15.1. The molecule has 4 heterocycles. The van der Waals surface area contributed by atoms with Crippen LogP contribution in [0.1, 0.15) is 19.3 Å². The van der Waals surface area contributed by atoms with Gasteiger partial charge in [0.2, 0.25) is 0 Å². The number of benzene rings is 1. The van der Waals surface area contributed by atoms with Gasteiger partial charge < -0.3 is 9.47 Å². The molecule has 0 amide bonds. The third kappa shape index (κ3) is 3.81. The third-order valence-electron chi connectivity index (χ3n) is 5.90. The summed E-state index contributed by atoms with van der Waals surface area (Å²) >= 11 is 0. The van der Waals surface area contributed by atoms with Crippen LogP contribution in [-0.2, 0) is 6.54 Å². The van der Waals surface area contributed by atoms with Crippen LogP contribution in [0.15, 0.2) is 73.3 Å². The summed E-state index contributed by atoms with van der Waals surface area (Å²) in [7, 11) is 0. The fraction of sp³-hybridized carbons (Fsp3) is 0.280. The minimum Gasteiger partial charge on any atom is -0.344 e. The lowest BCUT2D eigenvalue weighted by Crippen LogP contribution is -2.32. The molecule has 1 saturated heterocycles. The molecule has 1 fully saturated rings. The van der Waals surface area contributed by atoms with Gasteiger partial charge in [-0.15, -0.1) is 0 Å². The molecule has 1 aromatic carbocycles. The SMILES string of the molecule is c1ccc(-c2cncc(-c3cn(CCN4CCCCC4)c4cccnc34)c2)cc1. The topological polar surface area (TPSA) is 34.0 Å². The first-order chi connectivity index (χ1) is 14.4. The molecule has 5 rings (SSSR count). The zero-order valence-electron chi connectivity index (χ0n) is 16.7. The molecular weight excluding hydrogens is 356 g/mol. The van der Waals surface area contributed by atoms with Crippen LogP contribution in [0.3, 0.4) is 0 Å². The van der Waals surface area contributed by atoms with E-state index in [0.717, 1.165) is 35.3 Å². The van der Waals surface area contributed by atoms with Crippen molar-refractivity contribution in [3.63, 3.8) is 0 Å². The van der Waals surface area contributed by atoms with E-state index >= 15 is 0 Å². The average molecular weight is 383 g/mol. The first-order valence-electron chi connectivity index (χ1n) is 10.6. The quantitative estimate of drug-likeness (QED) is 0.473. The standard InChI is InChI=1S/C25H26N4/c1-3-8-20(9-4-1)21-16-22(18-26-17-21)23-19-29(24-10-7-11-27-25(23)24)15-14-28-12-5-2-6-13-28/h1,3-4,7-11,16-19H,2,5-6,12-15H2. The van der Waals surface area contributed by atoms with Crippen molar-refractivity contribution >= 4 is 11.0 Å². The Morgan fingerprint density at radius 1 is 0.793 bits per heavy atom. The Kier molecular flexibility index (Phi) is 5.10. The smallest absolute Gasteiger partial charge is 0.0959 e. The number of nitrogens with zero attached hydrogens (tertiary/aromatic N) is 4. The van der Waals surface area contributed by atoms with Crippen molar-refractivity contribution in [2.24, 2.45) is 0 Å². The molecule has 29 heavy (non-hydrogen) atoms. The number of piperidine rings is 1. The van der Waals surface area contributed by atoms with Crippen LogP contribution in [0.25, 0.3) is 33.3 Å². The summed E-state index contributed by atoms with van der Waals surface area (Å²) < 4.78 is 2.36. The zero-order chi connectivity index (χ0) is 19.5. The molecule has 0 spiro atoms. The number of hydrogen-bond acceptors (Lipinski definition) is 3. The molecule has 1 aliphatic heterocycles. The largest absolute Gasteiger partial charge is 0.344 e. The first kappa shape index (κ1) is 18.1. The van der Waals surface area contributed by atoms with Crippen molar-refractivity contribution in [3.05, 3.63) is 73.3 Å². The first-order valence-corrected chi connectivity index (χ1v) is 10.6. The Hall–Kier alpha value is -2.98. The van der Waals surface area contributed by atoms with Crippen LogP contribution >= 0.6 is 0 Å². The van der Waals surface area contributed by atoms with Crippen LogP contribution < -0.4 is 0 Å². The predicted octanol–water partition coefficient (Wildman–Crippen LogP) is 5.25. The van der Waals surface area contributed by atoms with Crippen molar-refractivity contribution in [1.29, 1.82) is 0 Å². The van der Waals surface area contributed by atoms with E-state index < -0.39 is 0 Å². The van der Waals surface area contributed by atoms with E-state index in [2.05, 4.69) is 57.0 Å².